The van der Waals surface area contributed by atoms with Gasteiger partial charge in [0.15, 0.2) is 6.61 Å². The van der Waals surface area contributed by atoms with Crippen molar-refractivity contribution in [2.24, 2.45) is 0 Å². The Kier molecular flexibility index (Phi) is 6.36. The van der Waals surface area contributed by atoms with Crippen LogP contribution >= 0.6 is 11.6 Å². The highest BCUT2D eigenvalue weighted by atomic mass is 35.5. The zero-order valence-electron chi connectivity index (χ0n) is 16.2. The van der Waals surface area contributed by atoms with Crippen molar-refractivity contribution in [3.63, 3.8) is 0 Å². The first-order valence-electron chi connectivity index (χ1n) is 9.22. The highest BCUT2D eigenvalue weighted by Gasteiger charge is 2.28. The first-order valence-corrected chi connectivity index (χ1v) is 9.60. The van der Waals surface area contributed by atoms with Gasteiger partial charge in [0.05, 0.1) is 24.4 Å². The molecule has 8 heteroatoms. The van der Waals surface area contributed by atoms with Crippen LogP contribution in [0.25, 0.3) is 0 Å². The van der Waals surface area contributed by atoms with Crippen molar-refractivity contribution in [3.8, 4) is 0 Å². The normalized spacial score (nSPS) is 19.5. The average molecular weight is 406 g/mol. The zero-order valence-corrected chi connectivity index (χ0v) is 17.0. The van der Waals surface area contributed by atoms with E-state index >= 15 is 0 Å². The summed E-state index contributed by atoms with van der Waals surface area (Å²) in [6, 6.07) is 9.68. The van der Waals surface area contributed by atoms with Crippen LogP contribution in [0.4, 0.5) is 0 Å². The molecular weight excluding hydrogens is 382 g/mol. The van der Waals surface area contributed by atoms with E-state index in [0.29, 0.717) is 25.3 Å². The van der Waals surface area contributed by atoms with E-state index in [4.69, 9.17) is 21.1 Å². The molecule has 0 N–H and O–H groups in total. The summed E-state index contributed by atoms with van der Waals surface area (Å²) in [7, 11) is 0. The molecule has 1 aromatic heterocycles. The fourth-order valence-electron chi connectivity index (χ4n) is 3.32. The number of amides is 1. The van der Waals surface area contributed by atoms with E-state index in [1.165, 1.54) is 0 Å². The molecule has 150 valence electrons. The minimum absolute atomic E-state index is 0.0451. The van der Waals surface area contributed by atoms with Crippen LogP contribution in [0, 0.1) is 6.92 Å². The molecular formula is C20H24ClN3O4. The molecule has 3 rings (SSSR count). The molecule has 2 aromatic rings. The van der Waals surface area contributed by atoms with Gasteiger partial charge in [0.2, 0.25) is 0 Å². The lowest BCUT2D eigenvalue weighted by Crippen LogP contribution is -2.49. The lowest BCUT2D eigenvalue weighted by molar-refractivity contribution is -0.146. The van der Waals surface area contributed by atoms with Crippen LogP contribution in [0.2, 0.25) is 5.15 Å². The van der Waals surface area contributed by atoms with Crippen molar-refractivity contribution in [2.75, 3.05) is 19.7 Å². The minimum Gasteiger partial charge on any atom is -0.452 e. The van der Waals surface area contributed by atoms with Crippen molar-refractivity contribution in [3.05, 3.63) is 52.3 Å². The Balaban J connectivity index is 1.63. The van der Waals surface area contributed by atoms with Gasteiger partial charge in [-0.3, -0.25) is 4.79 Å². The van der Waals surface area contributed by atoms with Crippen LogP contribution in [0.3, 0.4) is 0 Å². The topological polar surface area (TPSA) is 73.7 Å². The summed E-state index contributed by atoms with van der Waals surface area (Å²) in [5.41, 5.74) is 1.67. The van der Waals surface area contributed by atoms with Gasteiger partial charge in [-0.1, -0.05) is 41.9 Å². The van der Waals surface area contributed by atoms with Gasteiger partial charge in [-0.2, -0.15) is 5.10 Å². The second-order valence-corrected chi connectivity index (χ2v) is 7.38. The van der Waals surface area contributed by atoms with E-state index in [1.54, 1.807) is 16.5 Å². The second kappa shape index (κ2) is 8.75. The molecule has 1 fully saturated rings. The maximum absolute atomic E-state index is 12.5. The van der Waals surface area contributed by atoms with E-state index < -0.39 is 5.97 Å². The number of hydrogen-bond acceptors (Lipinski definition) is 5. The highest BCUT2D eigenvalue weighted by Crippen LogP contribution is 2.22. The van der Waals surface area contributed by atoms with Gasteiger partial charge in [0.25, 0.3) is 5.91 Å². The number of halogens is 1. The molecule has 0 bridgehead atoms. The Morgan fingerprint density at radius 2 is 1.86 bits per heavy atom. The van der Waals surface area contributed by atoms with E-state index in [-0.39, 0.29) is 35.4 Å². The van der Waals surface area contributed by atoms with Crippen molar-refractivity contribution >= 4 is 23.5 Å². The summed E-state index contributed by atoms with van der Waals surface area (Å²) in [5, 5.41) is 4.54. The van der Waals surface area contributed by atoms with Gasteiger partial charge in [-0.25, -0.2) is 9.48 Å². The molecule has 7 nitrogen and oxygen atoms in total. The SMILES string of the molecule is Cc1nn(Cc2ccccc2)c(Cl)c1C(=O)OCC(=O)N1C[C@@H](C)O[C@@H](C)C1. The fraction of sp³-hybridized carbons (Fsp3) is 0.450. The number of esters is 1. The number of ether oxygens (including phenoxy) is 2. The summed E-state index contributed by atoms with van der Waals surface area (Å²) in [6.07, 6.45) is -0.0902. The summed E-state index contributed by atoms with van der Waals surface area (Å²) in [6.45, 7) is 6.58. The van der Waals surface area contributed by atoms with E-state index in [0.717, 1.165) is 5.56 Å². The zero-order chi connectivity index (χ0) is 20.3. The smallest absolute Gasteiger partial charge is 0.343 e. The van der Waals surface area contributed by atoms with Crippen LogP contribution in [0.5, 0.6) is 0 Å². The first-order chi connectivity index (χ1) is 13.3. The van der Waals surface area contributed by atoms with Gasteiger partial charge >= 0.3 is 5.97 Å². The summed E-state index contributed by atoms with van der Waals surface area (Å²) < 4.78 is 12.4. The summed E-state index contributed by atoms with van der Waals surface area (Å²) in [4.78, 5) is 26.5. The van der Waals surface area contributed by atoms with Crippen LogP contribution in [0.15, 0.2) is 30.3 Å². The molecule has 0 radical (unpaired) electrons. The Morgan fingerprint density at radius 1 is 1.21 bits per heavy atom. The third kappa shape index (κ3) is 4.72. The molecule has 1 amide bonds. The summed E-state index contributed by atoms with van der Waals surface area (Å²) >= 11 is 6.36. The van der Waals surface area contributed by atoms with Crippen LogP contribution < -0.4 is 0 Å². The molecule has 0 unspecified atom stereocenters. The second-order valence-electron chi connectivity index (χ2n) is 7.03. The van der Waals surface area contributed by atoms with E-state index in [9.17, 15) is 9.59 Å². The standard InChI is InChI=1S/C20H24ClN3O4/c1-13-9-23(10-14(2)28-13)17(25)12-27-20(26)18-15(3)22-24(19(18)21)11-16-7-5-4-6-8-16/h4-8,13-14H,9-12H2,1-3H3/t13-,14+. The monoisotopic (exact) mass is 405 g/mol. The van der Waals surface area contributed by atoms with Gasteiger partial charge in [-0.15, -0.1) is 0 Å². The highest BCUT2D eigenvalue weighted by molar-refractivity contribution is 6.32. The van der Waals surface area contributed by atoms with E-state index in [1.807, 2.05) is 44.2 Å². The Bertz CT molecular complexity index is 843. The molecule has 1 saturated heterocycles. The van der Waals surface area contributed by atoms with Crippen molar-refractivity contribution in [1.29, 1.82) is 0 Å². The molecule has 0 saturated carbocycles. The molecule has 1 aliphatic heterocycles. The predicted molar refractivity (Wildman–Crippen MR) is 104 cm³/mol. The van der Waals surface area contributed by atoms with Gasteiger partial charge in [0.1, 0.15) is 10.7 Å². The molecule has 0 aliphatic carbocycles. The van der Waals surface area contributed by atoms with Gasteiger partial charge in [0, 0.05) is 13.1 Å². The van der Waals surface area contributed by atoms with Crippen molar-refractivity contribution in [2.45, 2.75) is 39.5 Å². The number of carbonyl (C=O) groups excluding carboxylic acids is 2. The van der Waals surface area contributed by atoms with Crippen LogP contribution in [-0.4, -0.2) is 58.5 Å². The summed E-state index contributed by atoms with van der Waals surface area (Å²) in [5.74, 6) is -0.898. The Labute approximate surface area is 169 Å². The number of rotatable bonds is 5. The number of morpholine rings is 1. The maximum Gasteiger partial charge on any atom is 0.343 e. The quantitative estimate of drug-likeness (QED) is 0.715. The Hall–Kier alpha value is -2.38. The average Bonchev–Trinajstić information content (AvgIpc) is 2.93. The molecule has 2 atom stereocenters. The molecule has 28 heavy (non-hydrogen) atoms. The lowest BCUT2D eigenvalue weighted by Gasteiger charge is -2.35. The minimum atomic E-state index is -0.649. The van der Waals surface area contributed by atoms with Crippen LogP contribution in [-0.2, 0) is 20.8 Å². The maximum atomic E-state index is 12.5. The number of hydrogen-bond donors (Lipinski definition) is 0. The first kappa shape index (κ1) is 20.4. The molecule has 0 spiro atoms. The van der Waals surface area contributed by atoms with Gasteiger partial charge < -0.3 is 14.4 Å². The number of benzene rings is 1. The van der Waals surface area contributed by atoms with Crippen molar-refractivity contribution < 1.29 is 19.1 Å². The fourth-order valence-corrected chi connectivity index (χ4v) is 3.63. The van der Waals surface area contributed by atoms with Gasteiger partial charge in [-0.05, 0) is 26.3 Å². The van der Waals surface area contributed by atoms with Crippen LogP contribution in [0.1, 0.15) is 35.5 Å². The number of aryl methyl sites for hydroxylation is 1. The Morgan fingerprint density at radius 3 is 2.50 bits per heavy atom. The number of nitrogens with zero attached hydrogens (tertiary/aromatic N) is 3. The largest absolute Gasteiger partial charge is 0.452 e. The predicted octanol–water partition coefficient (Wildman–Crippen LogP) is 2.69. The number of aromatic nitrogens is 2. The number of carbonyl (C=O) groups is 2. The van der Waals surface area contributed by atoms with Crippen molar-refractivity contribution in [1.82, 2.24) is 14.7 Å². The van der Waals surface area contributed by atoms with E-state index in [2.05, 4.69) is 5.10 Å². The molecule has 1 aromatic carbocycles. The lowest BCUT2D eigenvalue weighted by atomic mass is 10.2. The molecule has 2 heterocycles. The molecule has 1 aliphatic rings. The third-order valence-corrected chi connectivity index (χ3v) is 4.93. The third-order valence-electron chi connectivity index (χ3n) is 4.54.